The Hall–Kier alpha value is -2.17. The van der Waals surface area contributed by atoms with Gasteiger partial charge < -0.3 is 10.6 Å². The van der Waals surface area contributed by atoms with Crippen molar-refractivity contribution in [3.63, 3.8) is 0 Å². The van der Waals surface area contributed by atoms with Gasteiger partial charge >= 0.3 is 0 Å². The first-order valence-electron chi connectivity index (χ1n) is 5.18. The molecule has 0 spiro atoms. The number of nitrogens with zero attached hydrogens (tertiary/aromatic N) is 3. The van der Waals surface area contributed by atoms with Gasteiger partial charge in [-0.3, -0.25) is 0 Å². The number of rotatable bonds is 3. The van der Waals surface area contributed by atoms with Gasteiger partial charge in [-0.15, -0.1) is 0 Å². The number of hydrogen-bond acceptors (Lipinski definition) is 4. The largest absolute Gasteiger partial charge is 0.382 e. The highest BCUT2D eigenvalue weighted by Crippen LogP contribution is 2.12. The first-order valence-corrected chi connectivity index (χ1v) is 5.18. The zero-order chi connectivity index (χ0) is 12.3. The van der Waals surface area contributed by atoms with Crippen LogP contribution in [-0.4, -0.2) is 17.0 Å². The van der Waals surface area contributed by atoms with Crippen LogP contribution in [0.1, 0.15) is 5.56 Å². The fourth-order valence-electron chi connectivity index (χ4n) is 1.52. The summed E-state index contributed by atoms with van der Waals surface area (Å²) in [6.07, 6.45) is 3.09. The Kier molecular flexibility index (Phi) is 3.18. The van der Waals surface area contributed by atoms with Crippen molar-refractivity contribution < 1.29 is 4.39 Å². The fraction of sp³-hybridized carbons (Fsp3) is 0.167. The number of halogens is 1. The van der Waals surface area contributed by atoms with Crippen molar-refractivity contribution in [3.05, 3.63) is 48.0 Å². The maximum absolute atomic E-state index is 13.0. The van der Waals surface area contributed by atoms with Crippen LogP contribution in [0.3, 0.4) is 0 Å². The molecule has 2 aromatic rings. The van der Waals surface area contributed by atoms with Crippen LogP contribution >= 0.6 is 0 Å². The van der Waals surface area contributed by atoms with Crippen LogP contribution in [-0.2, 0) is 6.54 Å². The maximum atomic E-state index is 13.0. The van der Waals surface area contributed by atoms with Gasteiger partial charge in [0.1, 0.15) is 17.5 Å². The van der Waals surface area contributed by atoms with Crippen molar-refractivity contribution in [2.45, 2.75) is 6.54 Å². The van der Waals surface area contributed by atoms with Crippen LogP contribution in [0.5, 0.6) is 0 Å². The molecule has 2 rings (SSSR count). The highest BCUT2D eigenvalue weighted by atomic mass is 19.1. The number of hydrogen-bond donors (Lipinski definition) is 1. The van der Waals surface area contributed by atoms with Crippen molar-refractivity contribution in [3.8, 4) is 0 Å². The van der Waals surface area contributed by atoms with E-state index in [0.717, 1.165) is 5.56 Å². The van der Waals surface area contributed by atoms with Gasteiger partial charge in [-0.2, -0.15) is 0 Å². The molecule has 4 nitrogen and oxygen atoms in total. The van der Waals surface area contributed by atoms with E-state index >= 15 is 0 Å². The Morgan fingerprint density at radius 1 is 1.29 bits per heavy atom. The van der Waals surface area contributed by atoms with Gasteiger partial charge in [0.25, 0.3) is 0 Å². The number of aromatic nitrogens is 2. The summed E-state index contributed by atoms with van der Waals surface area (Å²) >= 11 is 0. The lowest BCUT2D eigenvalue weighted by Gasteiger charge is -2.17. The standard InChI is InChI=1S/C12H13FN4/c1-17(12-7-15-11(14)6-16-12)8-9-3-2-4-10(13)5-9/h2-7H,8H2,1H3,(H2,14,15). The van der Waals surface area contributed by atoms with Crippen molar-refractivity contribution >= 4 is 11.6 Å². The molecule has 0 unspecified atom stereocenters. The lowest BCUT2D eigenvalue weighted by Crippen LogP contribution is -2.18. The lowest BCUT2D eigenvalue weighted by atomic mass is 10.2. The molecule has 1 aromatic carbocycles. The minimum atomic E-state index is -0.237. The average Bonchev–Trinajstić information content (AvgIpc) is 2.29. The molecular weight excluding hydrogens is 219 g/mol. The molecule has 0 aliphatic heterocycles. The second-order valence-corrected chi connectivity index (χ2v) is 3.79. The molecule has 0 saturated heterocycles. The highest BCUT2D eigenvalue weighted by Gasteiger charge is 2.04. The van der Waals surface area contributed by atoms with Crippen LogP contribution in [0, 0.1) is 5.82 Å². The van der Waals surface area contributed by atoms with Crippen molar-refractivity contribution in [2.24, 2.45) is 0 Å². The summed E-state index contributed by atoms with van der Waals surface area (Å²) in [5, 5.41) is 0. The quantitative estimate of drug-likeness (QED) is 0.877. The van der Waals surface area contributed by atoms with E-state index in [1.807, 2.05) is 18.0 Å². The molecule has 5 heteroatoms. The van der Waals surface area contributed by atoms with E-state index in [4.69, 9.17) is 5.73 Å². The maximum Gasteiger partial charge on any atom is 0.147 e. The van der Waals surface area contributed by atoms with Gasteiger partial charge in [0.05, 0.1) is 12.4 Å². The molecule has 0 amide bonds. The molecule has 0 atom stereocenters. The van der Waals surface area contributed by atoms with Gasteiger partial charge in [-0.1, -0.05) is 12.1 Å². The number of nitrogen functional groups attached to an aromatic ring is 1. The van der Waals surface area contributed by atoms with E-state index in [-0.39, 0.29) is 5.82 Å². The zero-order valence-corrected chi connectivity index (χ0v) is 9.47. The minimum absolute atomic E-state index is 0.237. The van der Waals surface area contributed by atoms with E-state index in [1.54, 1.807) is 12.3 Å². The fourth-order valence-corrected chi connectivity index (χ4v) is 1.52. The molecule has 88 valence electrons. The lowest BCUT2D eigenvalue weighted by molar-refractivity contribution is 0.625. The van der Waals surface area contributed by atoms with E-state index in [0.29, 0.717) is 18.2 Å². The molecule has 2 N–H and O–H groups in total. The highest BCUT2D eigenvalue weighted by molar-refractivity contribution is 5.39. The van der Waals surface area contributed by atoms with Crippen LogP contribution in [0.25, 0.3) is 0 Å². The van der Waals surface area contributed by atoms with Crippen LogP contribution in [0.15, 0.2) is 36.7 Å². The normalized spacial score (nSPS) is 10.2. The molecule has 1 aromatic heterocycles. The zero-order valence-electron chi connectivity index (χ0n) is 9.47. The summed E-state index contributed by atoms with van der Waals surface area (Å²) < 4.78 is 13.0. The summed E-state index contributed by atoms with van der Waals surface area (Å²) in [4.78, 5) is 9.98. The smallest absolute Gasteiger partial charge is 0.147 e. The van der Waals surface area contributed by atoms with Crippen LogP contribution in [0.2, 0.25) is 0 Å². The number of anilines is 2. The summed E-state index contributed by atoms with van der Waals surface area (Å²) in [6, 6.07) is 6.48. The predicted octanol–water partition coefficient (Wildman–Crippen LogP) is 1.83. The topological polar surface area (TPSA) is 55.0 Å². The third-order valence-corrected chi connectivity index (χ3v) is 2.36. The number of benzene rings is 1. The molecule has 0 aliphatic carbocycles. The molecular formula is C12H13FN4. The second-order valence-electron chi connectivity index (χ2n) is 3.79. The Balaban J connectivity index is 2.11. The molecule has 0 bridgehead atoms. The molecule has 0 radical (unpaired) electrons. The van der Waals surface area contributed by atoms with Crippen molar-refractivity contribution in [2.75, 3.05) is 17.7 Å². The van der Waals surface area contributed by atoms with Crippen LogP contribution < -0.4 is 10.6 Å². The molecule has 1 heterocycles. The molecule has 0 fully saturated rings. The van der Waals surface area contributed by atoms with Crippen molar-refractivity contribution in [1.29, 1.82) is 0 Å². The Labute approximate surface area is 98.9 Å². The summed E-state index contributed by atoms with van der Waals surface area (Å²) in [5.74, 6) is 0.843. The van der Waals surface area contributed by atoms with Gasteiger partial charge in [0, 0.05) is 13.6 Å². The van der Waals surface area contributed by atoms with Gasteiger partial charge in [-0.25, -0.2) is 14.4 Å². The van der Waals surface area contributed by atoms with Crippen molar-refractivity contribution in [1.82, 2.24) is 9.97 Å². The molecule has 0 aliphatic rings. The van der Waals surface area contributed by atoms with E-state index in [9.17, 15) is 4.39 Å². The predicted molar refractivity (Wildman–Crippen MR) is 65.0 cm³/mol. The third kappa shape index (κ3) is 2.90. The van der Waals surface area contributed by atoms with E-state index < -0.39 is 0 Å². The summed E-state index contributed by atoms with van der Waals surface area (Å²) in [7, 11) is 1.87. The Morgan fingerprint density at radius 3 is 2.76 bits per heavy atom. The Bertz CT molecular complexity index is 498. The van der Waals surface area contributed by atoms with Gasteiger partial charge in [0.2, 0.25) is 0 Å². The Morgan fingerprint density at radius 2 is 2.12 bits per heavy atom. The number of nitrogens with two attached hydrogens (primary N) is 1. The van der Waals surface area contributed by atoms with Crippen LogP contribution in [0.4, 0.5) is 16.0 Å². The molecule has 0 saturated carbocycles. The summed E-state index contributed by atoms with van der Waals surface area (Å²) in [5.41, 5.74) is 6.34. The molecule has 17 heavy (non-hydrogen) atoms. The minimum Gasteiger partial charge on any atom is -0.382 e. The first kappa shape index (κ1) is 11.3. The van der Waals surface area contributed by atoms with E-state index in [1.165, 1.54) is 18.3 Å². The third-order valence-electron chi connectivity index (χ3n) is 2.36. The second kappa shape index (κ2) is 4.78. The summed E-state index contributed by atoms with van der Waals surface area (Å²) in [6.45, 7) is 0.566. The monoisotopic (exact) mass is 232 g/mol. The van der Waals surface area contributed by atoms with Gasteiger partial charge in [0.15, 0.2) is 0 Å². The van der Waals surface area contributed by atoms with E-state index in [2.05, 4.69) is 9.97 Å². The SMILES string of the molecule is CN(Cc1cccc(F)c1)c1cnc(N)cn1. The first-order chi connectivity index (χ1) is 8.15. The average molecular weight is 232 g/mol. The van der Waals surface area contributed by atoms with Gasteiger partial charge in [-0.05, 0) is 17.7 Å².